The summed E-state index contributed by atoms with van der Waals surface area (Å²) in [5.41, 5.74) is 4.77. The van der Waals surface area contributed by atoms with Crippen molar-refractivity contribution in [2.75, 3.05) is 13.1 Å². The van der Waals surface area contributed by atoms with Crippen molar-refractivity contribution in [2.45, 2.75) is 24.5 Å². The van der Waals surface area contributed by atoms with Crippen LogP contribution in [0.2, 0.25) is 0 Å². The summed E-state index contributed by atoms with van der Waals surface area (Å²) in [6.07, 6.45) is 0.389. The second-order valence-corrected chi connectivity index (χ2v) is 8.06. The van der Waals surface area contributed by atoms with Crippen molar-refractivity contribution < 1.29 is 13.2 Å². The number of primary amides is 1. The Balaban J connectivity index is 2.36. The van der Waals surface area contributed by atoms with Gasteiger partial charge in [-0.25, -0.2) is 8.42 Å². The van der Waals surface area contributed by atoms with Crippen LogP contribution in [0.4, 0.5) is 0 Å². The number of thiazole rings is 1. The van der Waals surface area contributed by atoms with Crippen molar-refractivity contribution in [3.8, 4) is 0 Å². The fourth-order valence-electron chi connectivity index (χ4n) is 2.08. The molecule has 1 unspecified atom stereocenters. The van der Waals surface area contributed by atoms with Crippen molar-refractivity contribution in [2.24, 2.45) is 11.1 Å². The van der Waals surface area contributed by atoms with Gasteiger partial charge in [-0.3, -0.25) is 9.59 Å². The largest absolute Gasteiger partial charge is 0.369 e. The first-order valence-electron chi connectivity index (χ1n) is 5.66. The number of carbonyl (C=O) groups is 1. The number of aryl methyl sites for hydroxylation is 1. The third-order valence-corrected chi connectivity index (χ3v) is 6.82. The maximum atomic E-state index is 12.4. The van der Waals surface area contributed by atoms with Crippen LogP contribution in [0.5, 0.6) is 0 Å². The van der Waals surface area contributed by atoms with Gasteiger partial charge >= 0.3 is 4.87 Å². The Hall–Kier alpha value is -1.19. The minimum absolute atomic E-state index is 0.00576. The van der Waals surface area contributed by atoms with Crippen LogP contribution in [-0.2, 0) is 14.8 Å². The SMILES string of the molecule is Cc1[nH]c(=O)sc1S(=O)(=O)N1CCC(C)(C(N)=O)C1. The lowest BCUT2D eigenvalue weighted by atomic mass is 9.89. The number of nitrogens with two attached hydrogens (primary N) is 1. The molecule has 19 heavy (non-hydrogen) atoms. The second kappa shape index (κ2) is 4.43. The molecule has 0 spiro atoms. The molecule has 1 fully saturated rings. The van der Waals surface area contributed by atoms with Crippen LogP contribution in [-0.4, -0.2) is 36.7 Å². The van der Waals surface area contributed by atoms with Crippen LogP contribution >= 0.6 is 11.3 Å². The van der Waals surface area contributed by atoms with Gasteiger partial charge in [-0.2, -0.15) is 4.31 Å². The fourth-order valence-corrected chi connectivity index (χ4v) is 5.08. The number of hydrogen-bond donors (Lipinski definition) is 2. The van der Waals surface area contributed by atoms with Gasteiger partial charge in [0.2, 0.25) is 5.91 Å². The van der Waals surface area contributed by atoms with Crippen molar-refractivity contribution in [3.63, 3.8) is 0 Å². The van der Waals surface area contributed by atoms with Crippen LogP contribution in [0.25, 0.3) is 0 Å². The molecule has 3 N–H and O–H groups in total. The van der Waals surface area contributed by atoms with Crippen molar-refractivity contribution >= 4 is 27.3 Å². The Morgan fingerprint density at radius 1 is 1.53 bits per heavy atom. The number of aromatic nitrogens is 1. The summed E-state index contributed by atoms with van der Waals surface area (Å²) in [4.78, 5) is 24.6. The number of amides is 1. The zero-order valence-electron chi connectivity index (χ0n) is 10.6. The number of sulfonamides is 1. The predicted octanol–water partition coefficient (Wildman–Crippen LogP) is -0.369. The number of nitrogens with zero attached hydrogens (tertiary/aromatic N) is 1. The molecule has 106 valence electrons. The van der Waals surface area contributed by atoms with E-state index in [0.717, 1.165) is 0 Å². The lowest BCUT2D eigenvalue weighted by Crippen LogP contribution is -2.38. The number of rotatable bonds is 3. The summed E-state index contributed by atoms with van der Waals surface area (Å²) in [5, 5.41) is 0. The Kier molecular flexibility index (Phi) is 3.31. The minimum atomic E-state index is -3.74. The number of aromatic amines is 1. The van der Waals surface area contributed by atoms with E-state index in [-0.39, 0.29) is 17.3 Å². The molecule has 7 nitrogen and oxygen atoms in total. The van der Waals surface area contributed by atoms with E-state index in [4.69, 9.17) is 5.73 Å². The number of H-pyrrole nitrogens is 1. The van der Waals surface area contributed by atoms with Gasteiger partial charge in [0.05, 0.1) is 5.41 Å². The molecule has 1 aromatic heterocycles. The molecule has 0 aromatic carbocycles. The highest BCUT2D eigenvalue weighted by atomic mass is 32.2. The summed E-state index contributed by atoms with van der Waals surface area (Å²) < 4.78 is 26.0. The van der Waals surface area contributed by atoms with E-state index < -0.39 is 26.2 Å². The molecule has 0 bridgehead atoms. The molecule has 1 atom stereocenters. The highest BCUT2D eigenvalue weighted by Gasteiger charge is 2.44. The molecular weight excluding hydrogens is 290 g/mol. The van der Waals surface area contributed by atoms with Gasteiger partial charge in [-0.15, -0.1) is 0 Å². The van der Waals surface area contributed by atoms with E-state index in [2.05, 4.69) is 4.98 Å². The smallest absolute Gasteiger partial charge is 0.305 e. The normalized spacial score (nSPS) is 24.7. The minimum Gasteiger partial charge on any atom is -0.369 e. The Morgan fingerprint density at radius 2 is 2.16 bits per heavy atom. The zero-order valence-corrected chi connectivity index (χ0v) is 12.2. The van der Waals surface area contributed by atoms with Gasteiger partial charge < -0.3 is 10.7 Å². The molecule has 0 saturated carbocycles. The Morgan fingerprint density at radius 3 is 2.58 bits per heavy atom. The lowest BCUT2D eigenvalue weighted by Gasteiger charge is -2.20. The first-order valence-corrected chi connectivity index (χ1v) is 7.92. The molecule has 2 rings (SSSR count). The maximum absolute atomic E-state index is 12.4. The average Bonchev–Trinajstić information content (AvgIpc) is 2.84. The van der Waals surface area contributed by atoms with E-state index in [1.54, 1.807) is 6.92 Å². The number of hydrogen-bond acceptors (Lipinski definition) is 5. The molecule has 1 aliphatic rings. The summed E-state index contributed by atoms with van der Waals surface area (Å²) in [5.74, 6) is -0.510. The van der Waals surface area contributed by atoms with Gasteiger partial charge in [-0.05, 0) is 20.3 Å². The first kappa shape index (κ1) is 14.2. The molecule has 2 heterocycles. The van der Waals surface area contributed by atoms with Crippen LogP contribution in [0.3, 0.4) is 0 Å². The van der Waals surface area contributed by atoms with Crippen molar-refractivity contribution in [1.29, 1.82) is 0 Å². The van der Waals surface area contributed by atoms with Crippen molar-refractivity contribution in [3.05, 3.63) is 15.4 Å². The zero-order chi connectivity index (χ0) is 14.4. The molecule has 0 aliphatic carbocycles. The van der Waals surface area contributed by atoms with E-state index in [0.29, 0.717) is 23.5 Å². The van der Waals surface area contributed by atoms with Gasteiger partial charge in [0.15, 0.2) is 4.21 Å². The summed E-state index contributed by atoms with van der Waals surface area (Å²) in [6.45, 7) is 3.47. The fraction of sp³-hybridized carbons (Fsp3) is 0.600. The maximum Gasteiger partial charge on any atom is 0.305 e. The standard InChI is InChI=1S/C10H15N3O4S2/c1-6-7(18-9(15)12-6)19(16,17)13-4-3-10(2,5-13)8(11)14/h3-5H2,1-2H3,(H2,11,14)(H,12,15). The molecule has 9 heteroatoms. The topological polar surface area (TPSA) is 113 Å². The van der Waals surface area contributed by atoms with Gasteiger partial charge in [-0.1, -0.05) is 11.3 Å². The summed E-state index contributed by atoms with van der Waals surface area (Å²) in [7, 11) is -3.74. The number of nitrogens with one attached hydrogen (secondary N) is 1. The predicted molar refractivity (Wildman–Crippen MR) is 70.4 cm³/mol. The number of carbonyl (C=O) groups excluding carboxylic acids is 1. The Labute approximate surface area is 114 Å². The molecule has 1 aliphatic heterocycles. The highest BCUT2D eigenvalue weighted by molar-refractivity contribution is 7.91. The van der Waals surface area contributed by atoms with E-state index in [9.17, 15) is 18.0 Å². The Bertz CT molecular complexity index is 675. The van der Waals surface area contributed by atoms with Gasteiger partial charge in [0.25, 0.3) is 10.0 Å². The van der Waals surface area contributed by atoms with Crippen LogP contribution < -0.4 is 10.6 Å². The van der Waals surface area contributed by atoms with Crippen LogP contribution in [0.1, 0.15) is 19.0 Å². The quantitative estimate of drug-likeness (QED) is 0.793. The van der Waals surface area contributed by atoms with E-state index in [1.807, 2.05) is 0 Å². The summed E-state index contributed by atoms with van der Waals surface area (Å²) in [6, 6.07) is 0. The third-order valence-electron chi connectivity index (χ3n) is 3.39. The van der Waals surface area contributed by atoms with E-state index in [1.165, 1.54) is 11.2 Å². The summed E-state index contributed by atoms with van der Waals surface area (Å²) >= 11 is 0.660. The molecule has 0 radical (unpaired) electrons. The van der Waals surface area contributed by atoms with Gasteiger partial charge in [0, 0.05) is 18.8 Å². The van der Waals surface area contributed by atoms with Crippen LogP contribution in [0, 0.1) is 12.3 Å². The molecular formula is C10H15N3O4S2. The average molecular weight is 305 g/mol. The monoisotopic (exact) mass is 305 g/mol. The molecule has 1 saturated heterocycles. The lowest BCUT2D eigenvalue weighted by molar-refractivity contribution is -0.126. The first-order chi connectivity index (χ1) is 8.67. The molecule has 1 aromatic rings. The molecule has 1 amide bonds. The van der Waals surface area contributed by atoms with E-state index >= 15 is 0 Å². The highest BCUT2D eigenvalue weighted by Crippen LogP contribution is 2.34. The second-order valence-electron chi connectivity index (χ2n) is 4.94. The third kappa shape index (κ3) is 2.33. The van der Waals surface area contributed by atoms with Crippen molar-refractivity contribution in [1.82, 2.24) is 9.29 Å². The van der Waals surface area contributed by atoms with Crippen LogP contribution in [0.15, 0.2) is 9.00 Å². The van der Waals surface area contributed by atoms with Gasteiger partial charge in [0.1, 0.15) is 0 Å².